The fourth-order valence-corrected chi connectivity index (χ4v) is 4.20. The molecule has 0 aromatic heterocycles. The molecule has 0 saturated heterocycles. The minimum absolute atomic E-state index is 0.0296. The molecule has 0 unspecified atom stereocenters. The normalized spacial score (nSPS) is 13.3. The van der Waals surface area contributed by atoms with Gasteiger partial charge in [0.15, 0.2) is 0 Å². The van der Waals surface area contributed by atoms with Crippen molar-refractivity contribution in [3.8, 4) is 5.75 Å². The molecular formula is C27H23Cl2N3O4. The van der Waals surface area contributed by atoms with Crippen molar-refractivity contribution in [2.24, 2.45) is 0 Å². The summed E-state index contributed by atoms with van der Waals surface area (Å²) in [4.78, 5) is 39.4. The van der Waals surface area contributed by atoms with Crippen molar-refractivity contribution in [2.45, 2.75) is 20.3 Å². The van der Waals surface area contributed by atoms with Crippen molar-refractivity contribution < 1.29 is 19.1 Å². The Morgan fingerprint density at radius 3 is 2.39 bits per heavy atom. The molecule has 1 heterocycles. The van der Waals surface area contributed by atoms with E-state index in [1.165, 1.54) is 0 Å². The second-order valence-corrected chi connectivity index (χ2v) is 9.05. The topological polar surface area (TPSA) is 87.7 Å². The predicted molar refractivity (Wildman–Crippen MR) is 142 cm³/mol. The number of nitrogens with one attached hydrogen (secondary N) is 2. The van der Waals surface area contributed by atoms with E-state index >= 15 is 0 Å². The molecule has 0 saturated carbocycles. The summed E-state index contributed by atoms with van der Waals surface area (Å²) in [5.74, 6) is -0.828. The largest absolute Gasteiger partial charge is 0.495 e. The summed E-state index contributed by atoms with van der Waals surface area (Å²) in [6, 6.07) is 17.4. The number of halogens is 2. The molecule has 184 valence electrons. The van der Waals surface area contributed by atoms with E-state index in [-0.39, 0.29) is 23.1 Å². The average molecular weight is 524 g/mol. The van der Waals surface area contributed by atoms with Crippen LogP contribution in [0, 0.1) is 13.8 Å². The van der Waals surface area contributed by atoms with Crippen LogP contribution in [0.3, 0.4) is 0 Å². The van der Waals surface area contributed by atoms with Crippen molar-refractivity contribution in [3.63, 3.8) is 0 Å². The molecule has 1 aliphatic rings. The maximum atomic E-state index is 13.1. The van der Waals surface area contributed by atoms with Crippen LogP contribution in [-0.2, 0) is 20.8 Å². The van der Waals surface area contributed by atoms with E-state index in [1.54, 1.807) is 62.6 Å². The molecule has 3 aromatic rings. The lowest BCUT2D eigenvalue weighted by molar-refractivity contribution is -0.120. The zero-order valence-corrected chi connectivity index (χ0v) is 21.3. The van der Waals surface area contributed by atoms with Crippen molar-refractivity contribution >= 4 is 58.0 Å². The van der Waals surface area contributed by atoms with E-state index in [4.69, 9.17) is 27.9 Å². The molecule has 3 aromatic carbocycles. The summed E-state index contributed by atoms with van der Waals surface area (Å²) in [6.45, 7) is 3.65. The molecule has 0 aliphatic carbocycles. The fraction of sp³-hybridized carbons (Fsp3) is 0.148. The summed E-state index contributed by atoms with van der Waals surface area (Å²) < 4.78 is 5.30. The third-order valence-corrected chi connectivity index (χ3v) is 6.48. The Bertz CT molecular complexity index is 1400. The molecule has 7 nitrogen and oxygen atoms in total. The van der Waals surface area contributed by atoms with Gasteiger partial charge in [-0.15, -0.1) is 0 Å². The number of nitrogens with zero attached hydrogens (tertiary/aromatic N) is 1. The highest BCUT2D eigenvalue weighted by atomic mass is 35.5. The zero-order chi connectivity index (χ0) is 26.0. The van der Waals surface area contributed by atoms with Crippen LogP contribution < -0.4 is 20.3 Å². The molecule has 0 bridgehead atoms. The predicted octanol–water partition coefficient (Wildman–Crippen LogP) is 5.58. The number of hydrogen-bond donors (Lipinski definition) is 2. The lowest BCUT2D eigenvalue weighted by Crippen LogP contribution is -2.32. The Hall–Kier alpha value is -3.81. The van der Waals surface area contributed by atoms with Gasteiger partial charge >= 0.3 is 0 Å². The summed E-state index contributed by atoms with van der Waals surface area (Å²) in [5.41, 5.74) is 3.84. The van der Waals surface area contributed by atoms with Gasteiger partial charge in [0.2, 0.25) is 5.91 Å². The van der Waals surface area contributed by atoms with Gasteiger partial charge in [0.05, 0.1) is 24.9 Å². The summed E-state index contributed by atoms with van der Waals surface area (Å²) >= 11 is 12.4. The molecule has 0 fully saturated rings. The van der Waals surface area contributed by atoms with Crippen molar-refractivity contribution in [2.75, 3.05) is 22.6 Å². The monoisotopic (exact) mass is 523 g/mol. The van der Waals surface area contributed by atoms with Crippen LogP contribution in [-0.4, -0.2) is 24.8 Å². The molecule has 3 amide bonds. The van der Waals surface area contributed by atoms with E-state index in [1.807, 2.05) is 19.1 Å². The van der Waals surface area contributed by atoms with Gasteiger partial charge in [0, 0.05) is 10.7 Å². The molecular weight excluding hydrogens is 501 g/mol. The van der Waals surface area contributed by atoms with E-state index < -0.39 is 11.8 Å². The lowest BCUT2D eigenvalue weighted by Gasteiger charge is -2.18. The number of hydrogen-bond acceptors (Lipinski definition) is 5. The van der Waals surface area contributed by atoms with E-state index in [0.29, 0.717) is 33.4 Å². The SMILES string of the molecule is COc1ccc(C)cc1NC(=O)Cc1ccc(NC2=C(Cl)C(=O)N(c3cccc(Cl)c3C)C2=O)cc1. The quantitative estimate of drug-likeness (QED) is 0.394. The highest BCUT2D eigenvalue weighted by Gasteiger charge is 2.39. The second kappa shape index (κ2) is 10.4. The van der Waals surface area contributed by atoms with E-state index in [9.17, 15) is 14.4 Å². The first-order chi connectivity index (χ1) is 17.2. The fourth-order valence-electron chi connectivity index (χ4n) is 3.82. The molecule has 0 spiro atoms. The second-order valence-electron chi connectivity index (χ2n) is 8.27. The number of aryl methyl sites for hydroxylation is 1. The van der Waals surface area contributed by atoms with Gasteiger partial charge in [-0.2, -0.15) is 0 Å². The van der Waals surface area contributed by atoms with Crippen LogP contribution in [0.25, 0.3) is 0 Å². The molecule has 1 aliphatic heterocycles. The number of carbonyl (C=O) groups excluding carboxylic acids is 3. The first-order valence-corrected chi connectivity index (χ1v) is 11.8. The lowest BCUT2D eigenvalue weighted by atomic mass is 10.1. The minimum atomic E-state index is -0.630. The molecule has 0 atom stereocenters. The van der Waals surface area contributed by atoms with Gasteiger partial charge in [-0.1, -0.05) is 47.5 Å². The van der Waals surface area contributed by atoms with Crippen LogP contribution in [0.4, 0.5) is 17.1 Å². The molecule has 2 N–H and O–H groups in total. The van der Waals surface area contributed by atoms with Crippen LogP contribution in [0.2, 0.25) is 5.02 Å². The molecule has 9 heteroatoms. The Morgan fingerprint density at radius 2 is 1.69 bits per heavy atom. The van der Waals surface area contributed by atoms with Crippen molar-refractivity contribution in [1.29, 1.82) is 0 Å². The standard InChI is InChI=1S/C27H23Cl2N3O4/c1-15-7-12-22(36-3)20(13-15)31-23(33)14-17-8-10-18(11-9-17)30-25-24(29)26(34)32(27(25)35)21-6-4-5-19(28)16(21)2/h4-13,30H,14H2,1-3H3,(H,31,33). The van der Waals surface area contributed by atoms with Gasteiger partial charge < -0.3 is 15.4 Å². The van der Waals surface area contributed by atoms with Crippen molar-refractivity contribution in [3.05, 3.63) is 93.1 Å². The number of carbonyl (C=O) groups is 3. The van der Waals surface area contributed by atoms with Crippen LogP contribution >= 0.6 is 23.2 Å². The number of rotatable bonds is 7. The van der Waals surface area contributed by atoms with Crippen molar-refractivity contribution in [1.82, 2.24) is 0 Å². The van der Waals surface area contributed by atoms with E-state index in [2.05, 4.69) is 10.6 Å². The van der Waals surface area contributed by atoms with Gasteiger partial charge in [-0.25, -0.2) is 4.90 Å². The van der Waals surface area contributed by atoms with E-state index in [0.717, 1.165) is 16.0 Å². The Labute approximate surface area is 218 Å². The number of ether oxygens (including phenoxy) is 1. The highest BCUT2D eigenvalue weighted by Crippen LogP contribution is 2.34. The van der Waals surface area contributed by atoms with Gasteiger partial charge in [-0.05, 0) is 66.9 Å². The van der Waals surface area contributed by atoms with Crippen LogP contribution in [0.1, 0.15) is 16.7 Å². The third kappa shape index (κ3) is 5.08. The maximum absolute atomic E-state index is 13.1. The number of amides is 3. The number of anilines is 3. The highest BCUT2D eigenvalue weighted by molar-refractivity contribution is 6.53. The zero-order valence-electron chi connectivity index (χ0n) is 19.8. The molecule has 0 radical (unpaired) electrons. The summed E-state index contributed by atoms with van der Waals surface area (Å²) in [7, 11) is 1.55. The third-order valence-electron chi connectivity index (χ3n) is 5.72. The Morgan fingerprint density at radius 1 is 0.972 bits per heavy atom. The number of imide groups is 1. The van der Waals surface area contributed by atoms with Crippen LogP contribution in [0.15, 0.2) is 71.4 Å². The summed E-state index contributed by atoms with van der Waals surface area (Å²) in [5, 5.41) is 6.02. The molecule has 36 heavy (non-hydrogen) atoms. The van der Waals surface area contributed by atoms with Gasteiger partial charge in [-0.3, -0.25) is 14.4 Å². The maximum Gasteiger partial charge on any atom is 0.283 e. The van der Waals surface area contributed by atoms with Gasteiger partial charge in [0.1, 0.15) is 16.5 Å². The number of methoxy groups -OCH3 is 1. The minimum Gasteiger partial charge on any atom is -0.495 e. The smallest absolute Gasteiger partial charge is 0.283 e. The summed E-state index contributed by atoms with van der Waals surface area (Å²) in [6.07, 6.45) is 0.139. The molecule has 4 rings (SSSR count). The van der Waals surface area contributed by atoms with Crippen LogP contribution in [0.5, 0.6) is 5.75 Å². The first kappa shape index (κ1) is 25.3. The Kier molecular flexibility index (Phi) is 7.33. The average Bonchev–Trinajstić information content (AvgIpc) is 3.05. The Balaban J connectivity index is 1.45. The number of benzene rings is 3. The van der Waals surface area contributed by atoms with Gasteiger partial charge in [0.25, 0.3) is 11.8 Å². The first-order valence-electron chi connectivity index (χ1n) is 11.0.